The molecule has 0 spiro atoms. The molecule has 2 aromatic rings. The van der Waals surface area contributed by atoms with Gasteiger partial charge in [-0.2, -0.15) is 0 Å². The number of carbonyl (C=O) groups excluding carboxylic acids is 1. The van der Waals surface area contributed by atoms with E-state index in [2.05, 4.69) is 5.32 Å². The van der Waals surface area contributed by atoms with Crippen LogP contribution in [0.2, 0.25) is 5.02 Å². The zero-order valence-corrected chi connectivity index (χ0v) is 11.0. The van der Waals surface area contributed by atoms with Gasteiger partial charge in [0.15, 0.2) is 0 Å². The molecule has 4 heteroatoms. The van der Waals surface area contributed by atoms with E-state index < -0.39 is 0 Å². The molecule has 3 nitrogen and oxygen atoms in total. The Morgan fingerprint density at radius 3 is 2.42 bits per heavy atom. The zero-order valence-electron chi connectivity index (χ0n) is 10.3. The lowest BCUT2D eigenvalue weighted by atomic mass is 10.1. The minimum absolute atomic E-state index is 0.116. The first-order valence-electron chi connectivity index (χ1n) is 5.96. The van der Waals surface area contributed by atoms with Crippen molar-refractivity contribution < 1.29 is 9.90 Å². The maximum Gasteiger partial charge on any atom is 0.257 e. The number of hydrogen-bond acceptors (Lipinski definition) is 2. The number of nitrogens with one attached hydrogen (secondary N) is 1. The van der Waals surface area contributed by atoms with Crippen LogP contribution in [0, 0.1) is 0 Å². The Morgan fingerprint density at radius 1 is 1.11 bits per heavy atom. The summed E-state index contributed by atoms with van der Waals surface area (Å²) in [4.78, 5) is 12.0. The summed E-state index contributed by atoms with van der Waals surface area (Å²) in [6.45, 7) is 0.116. The quantitative estimate of drug-likeness (QED) is 0.901. The van der Waals surface area contributed by atoms with Crippen molar-refractivity contribution in [1.82, 2.24) is 0 Å². The van der Waals surface area contributed by atoms with Gasteiger partial charge in [0.2, 0.25) is 0 Å². The van der Waals surface area contributed by atoms with Crippen LogP contribution < -0.4 is 5.32 Å². The summed E-state index contributed by atoms with van der Waals surface area (Å²) >= 11 is 5.96. The predicted molar refractivity (Wildman–Crippen MR) is 76.6 cm³/mol. The maximum atomic E-state index is 12.0. The number of benzene rings is 2. The first-order valence-corrected chi connectivity index (χ1v) is 6.34. The standard InChI is InChI=1S/C15H14ClNO2/c16-14-4-2-1-3-13(14)15(19)17-12-7-5-11(6-8-12)9-10-18/h1-8,18H,9-10H2,(H,17,19). The van der Waals surface area contributed by atoms with Gasteiger partial charge in [-0.3, -0.25) is 4.79 Å². The van der Waals surface area contributed by atoms with Crippen LogP contribution >= 0.6 is 11.6 Å². The number of anilines is 1. The van der Waals surface area contributed by atoms with Crippen LogP contribution in [0.25, 0.3) is 0 Å². The Bertz CT molecular complexity index is 567. The molecular weight excluding hydrogens is 262 g/mol. The number of aliphatic hydroxyl groups is 1. The summed E-state index contributed by atoms with van der Waals surface area (Å²) in [7, 11) is 0. The van der Waals surface area contributed by atoms with E-state index in [0.29, 0.717) is 22.7 Å². The molecule has 0 aliphatic rings. The molecule has 0 aliphatic heterocycles. The molecule has 2 aromatic carbocycles. The molecule has 0 heterocycles. The molecule has 0 bridgehead atoms. The Morgan fingerprint density at radius 2 is 1.79 bits per heavy atom. The molecule has 2 rings (SSSR count). The number of amides is 1. The monoisotopic (exact) mass is 275 g/mol. The van der Waals surface area contributed by atoms with Gasteiger partial charge in [0.05, 0.1) is 10.6 Å². The second kappa shape index (κ2) is 6.36. The third-order valence-corrected chi connectivity index (χ3v) is 3.06. The molecule has 0 atom stereocenters. The van der Waals surface area contributed by atoms with Gasteiger partial charge in [-0.05, 0) is 36.2 Å². The van der Waals surface area contributed by atoms with Gasteiger partial charge in [-0.25, -0.2) is 0 Å². The average Bonchev–Trinajstić information content (AvgIpc) is 2.42. The third-order valence-electron chi connectivity index (χ3n) is 2.73. The molecular formula is C15H14ClNO2. The fraction of sp³-hybridized carbons (Fsp3) is 0.133. The number of aliphatic hydroxyl groups excluding tert-OH is 1. The van der Waals surface area contributed by atoms with Gasteiger partial charge >= 0.3 is 0 Å². The van der Waals surface area contributed by atoms with E-state index in [9.17, 15) is 4.79 Å². The van der Waals surface area contributed by atoms with Crippen molar-refractivity contribution >= 4 is 23.2 Å². The van der Waals surface area contributed by atoms with Crippen LogP contribution in [0.4, 0.5) is 5.69 Å². The van der Waals surface area contributed by atoms with Crippen molar-refractivity contribution in [3.05, 3.63) is 64.7 Å². The highest BCUT2D eigenvalue weighted by Crippen LogP contribution is 2.17. The van der Waals surface area contributed by atoms with E-state index in [-0.39, 0.29) is 12.5 Å². The predicted octanol–water partition coefficient (Wildman–Crippen LogP) is 3.13. The molecule has 0 aliphatic carbocycles. The Kier molecular flexibility index (Phi) is 4.55. The average molecular weight is 276 g/mol. The van der Waals surface area contributed by atoms with Crippen LogP contribution in [-0.2, 0) is 6.42 Å². The highest BCUT2D eigenvalue weighted by Gasteiger charge is 2.09. The summed E-state index contributed by atoms with van der Waals surface area (Å²) in [6, 6.07) is 14.3. The minimum atomic E-state index is -0.236. The maximum absolute atomic E-state index is 12.0. The molecule has 0 fully saturated rings. The van der Waals surface area contributed by atoms with Crippen molar-refractivity contribution in [3.8, 4) is 0 Å². The molecule has 0 radical (unpaired) electrons. The molecule has 0 unspecified atom stereocenters. The van der Waals surface area contributed by atoms with E-state index >= 15 is 0 Å². The molecule has 19 heavy (non-hydrogen) atoms. The topological polar surface area (TPSA) is 49.3 Å². The van der Waals surface area contributed by atoms with Crippen LogP contribution in [-0.4, -0.2) is 17.6 Å². The zero-order chi connectivity index (χ0) is 13.7. The van der Waals surface area contributed by atoms with Crippen LogP contribution in [0.1, 0.15) is 15.9 Å². The molecule has 0 saturated carbocycles. The van der Waals surface area contributed by atoms with E-state index in [0.717, 1.165) is 5.56 Å². The molecule has 98 valence electrons. The van der Waals surface area contributed by atoms with Crippen LogP contribution in [0.3, 0.4) is 0 Å². The largest absolute Gasteiger partial charge is 0.396 e. The summed E-state index contributed by atoms with van der Waals surface area (Å²) in [5.74, 6) is -0.236. The first-order chi connectivity index (χ1) is 9.20. The second-order valence-electron chi connectivity index (χ2n) is 4.10. The van der Waals surface area contributed by atoms with E-state index in [1.807, 2.05) is 12.1 Å². The highest BCUT2D eigenvalue weighted by atomic mass is 35.5. The smallest absolute Gasteiger partial charge is 0.257 e. The number of rotatable bonds is 4. The van der Waals surface area contributed by atoms with E-state index in [1.54, 1.807) is 36.4 Å². The minimum Gasteiger partial charge on any atom is -0.396 e. The van der Waals surface area contributed by atoms with Crippen molar-refractivity contribution in [2.75, 3.05) is 11.9 Å². The van der Waals surface area contributed by atoms with Crippen molar-refractivity contribution in [2.24, 2.45) is 0 Å². The van der Waals surface area contributed by atoms with Gasteiger partial charge in [0.25, 0.3) is 5.91 Å². The fourth-order valence-corrected chi connectivity index (χ4v) is 1.95. The first kappa shape index (κ1) is 13.6. The Hall–Kier alpha value is -1.84. The summed E-state index contributed by atoms with van der Waals surface area (Å²) < 4.78 is 0. The van der Waals surface area contributed by atoms with Crippen molar-refractivity contribution in [3.63, 3.8) is 0 Å². The lowest BCUT2D eigenvalue weighted by Crippen LogP contribution is -2.12. The van der Waals surface area contributed by atoms with Gasteiger partial charge < -0.3 is 10.4 Å². The second-order valence-corrected chi connectivity index (χ2v) is 4.51. The molecule has 0 saturated heterocycles. The Labute approximate surface area is 116 Å². The van der Waals surface area contributed by atoms with Gasteiger partial charge in [0.1, 0.15) is 0 Å². The SMILES string of the molecule is O=C(Nc1ccc(CCO)cc1)c1ccccc1Cl. The molecule has 0 aromatic heterocycles. The number of halogens is 1. The normalized spacial score (nSPS) is 10.2. The summed E-state index contributed by atoms with van der Waals surface area (Å²) in [5.41, 5.74) is 2.17. The lowest BCUT2D eigenvalue weighted by Gasteiger charge is -2.07. The number of hydrogen-bond donors (Lipinski definition) is 2. The number of carbonyl (C=O) groups is 1. The van der Waals surface area contributed by atoms with E-state index in [4.69, 9.17) is 16.7 Å². The van der Waals surface area contributed by atoms with Crippen LogP contribution in [0.5, 0.6) is 0 Å². The van der Waals surface area contributed by atoms with Gasteiger partial charge in [0, 0.05) is 12.3 Å². The van der Waals surface area contributed by atoms with E-state index in [1.165, 1.54) is 0 Å². The van der Waals surface area contributed by atoms with Crippen molar-refractivity contribution in [2.45, 2.75) is 6.42 Å². The van der Waals surface area contributed by atoms with Crippen LogP contribution in [0.15, 0.2) is 48.5 Å². The summed E-state index contributed by atoms with van der Waals surface area (Å²) in [5, 5.41) is 12.0. The molecule has 2 N–H and O–H groups in total. The summed E-state index contributed by atoms with van der Waals surface area (Å²) in [6.07, 6.45) is 0.610. The molecule has 1 amide bonds. The third kappa shape index (κ3) is 3.56. The van der Waals surface area contributed by atoms with Gasteiger partial charge in [-0.15, -0.1) is 0 Å². The Balaban J connectivity index is 2.09. The highest BCUT2D eigenvalue weighted by molar-refractivity contribution is 6.34. The van der Waals surface area contributed by atoms with Crippen molar-refractivity contribution in [1.29, 1.82) is 0 Å². The lowest BCUT2D eigenvalue weighted by molar-refractivity contribution is 0.102. The van der Waals surface area contributed by atoms with Gasteiger partial charge in [-0.1, -0.05) is 35.9 Å². The fourth-order valence-electron chi connectivity index (χ4n) is 1.73.